The summed E-state index contributed by atoms with van der Waals surface area (Å²) < 4.78 is 0. The molecule has 0 saturated heterocycles. The second kappa shape index (κ2) is 10.3. The fraction of sp³-hybridized carbons (Fsp3) is 0.889. The fourth-order valence-electron chi connectivity index (χ4n) is 2.40. The summed E-state index contributed by atoms with van der Waals surface area (Å²) in [6.45, 7) is 19.0. The van der Waals surface area contributed by atoms with E-state index in [4.69, 9.17) is 0 Å². The van der Waals surface area contributed by atoms with Crippen LogP contribution in [0.25, 0.3) is 0 Å². The number of rotatable bonds is 11. The minimum absolute atomic E-state index is 0.536. The standard InChI is InChI=1S/C18H37N/c1-8-9-10-11-12-15(4)17(6)16(5)13-19-18(7)14(2)3/h14-17,19H,7-13H2,1-6H3. The van der Waals surface area contributed by atoms with E-state index in [1.807, 2.05) is 0 Å². The SMILES string of the molecule is C=C(NCC(C)C(C)C(C)CCCCCC)C(C)C. The molecule has 3 atom stereocenters. The van der Waals surface area contributed by atoms with E-state index in [0.717, 1.165) is 24.3 Å². The van der Waals surface area contributed by atoms with Gasteiger partial charge in [-0.3, -0.25) is 0 Å². The van der Waals surface area contributed by atoms with Crippen molar-refractivity contribution >= 4 is 0 Å². The molecule has 114 valence electrons. The lowest BCUT2D eigenvalue weighted by Crippen LogP contribution is -2.28. The van der Waals surface area contributed by atoms with Gasteiger partial charge in [0, 0.05) is 12.2 Å². The Labute approximate surface area is 122 Å². The minimum Gasteiger partial charge on any atom is -0.388 e. The average molecular weight is 268 g/mol. The van der Waals surface area contributed by atoms with E-state index in [9.17, 15) is 0 Å². The third-order valence-corrected chi connectivity index (χ3v) is 4.66. The Balaban J connectivity index is 3.89. The van der Waals surface area contributed by atoms with E-state index in [2.05, 4.69) is 53.4 Å². The van der Waals surface area contributed by atoms with Gasteiger partial charge in [0.2, 0.25) is 0 Å². The summed E-state index contributed by atoms with van der Waals surface area (Å²) in [5.74, 6) is 2.88. The van der Waals surface area contributed by atoms with Gasteiger partial charge in [0.1, 0.15) is 0 Å². The second-order valence-corrected chi connectivity index (χ2v) is 6.72. The molecule has 0 aromatic carbocycles. The summed E-state index contributed by atoms with van der Waals surface area (Å²) in [7, 11) is 0. The van der Waals surface area contributed by atoms with Gasteiger partial charge in [-0.15, -0.1) is 0 Å². The molecule has 0 aliphatic carbocycles. The molecule has 0 aromatic rings. The topological polar surface area (TPSA) is 12.0 Å². The van der Waals surface area contributed by atoms with Crippen molar-refractivity contribution in [3.63, 3.8) is 0 Å². The fourth-order valence-corrected chi connectivity index (χ4v) is 2.40. The van der Waals surface area contributed by atoms with Gasteiger partial charge in [0.25, 0.3) is 0 Å². The van der Waals surface area contributed by atoms with Crippen LogP contribution in [-0.4, -0.2) is 6.54 Å². The Morgan fingerprint density at radius 1 is 0.947 bits per heavy atom. The van der Waals surface area contributed by atoms with Crippen LogP contribution in [0.2, 0.25) is 0 Å². The molecule has 0 bridgehead atoms. The summed E-state index contributed by atoms with van der Waals surface area (Å²) in [4.78, 5) is 0. The Bertz CT molecular complexity index is 232. The summed E-state index contributed by atoms with van der Waals surface area (Å²) in [5.41, 5.74) is 1.18. The number of allylic oxidation sites excluding steroid dienone is 1. The molecular formula is C18H37N. The van der Waals surface area contributed by atoms with Gasteiger partial charge in [-0.25, -0.2) is 0 Å². The van der Waals surface area contributed by atoms with Crippen LogP contribution in [0.4, 0.5) is 0 Å². The van der Waals surface area contributed by atoms with Crippen LogP contribution < -0.4 is 5.32 Å². The zero-order chi connectivity index (χ0) is 14.8. The van der Waals surface area contributed by atoms with Gasteiger partial charge in [-0.05, 0) is 23.7 Å². The molecule has 0 saturated carbocycles. The lowest BCUT2D eigenvalue weighted by Gasteiger charge is -2.27. The molecule has 1 N–H and O–H groups in total. The zero-order valence-corrected chi connectivity index (χ0v) is 14.3. The summed E-state index contributed by atoms with van der Waals surface area (Å²) in [5, 5.41) is 3.50. The van der Waals surface area contributed by atoms with Crippen molar-refractivity contribution in [1.82, 2.24) is 5.32 Å². The highest BCUT2D eigenvalue weighted by Gasteiger charge is 2.18. The van der Waals surface area contributed by atoms with E-state index < -0.39 is 0 Å². The smallest absolute Gasteiger partial charge is 0.0172 e. The van der Waals surface area contributed by atoms with Gasteiger partial charge < -0.3 is 5.32 Å². The first-order valence-corrected chi connectivity index (χ1v) is 8.32. The quantitative estimate of drug-likeness (QED) is 0.479. The molecule has 0 aromatic heterocycles. The maximum absolute atomic E-state index is 4.09. The van der Waals surface area contributed by atoms with Gasteiger partial charge in [0.15, 0.2) is 0 Å². The van der Waals surface area contributed by atoms with Crippen LogP contribution in [0, 0.1) is 23.7 Å². The monoisotopic (exact) mass is 267 g/mol. The van der Waals surface area contributed by atoms with Gasteiger partial charge in [-0.2, -0.15) is 0 Å². The highest BCUT2D eigenvalue weighted by molar-refractivity contribution is 4.94. The van der Waals surface area contributed by atoms with Crippen LogP contribution >= 0.6 is 0 Å². The Kier molecular flexibility index (Phi) is 10.1. The van der Waals surface area contributed by atoms with Gasteiger partial charge in [-0.1, -0.05) is 80.2 Å². The largest absolute Gasteiger partial charge is 0.388 e. The number of nitrogens with one attached hydrogen (secondary N) is 1. The van der Waals surface area contributed by atoms with Crippen molar-refractivity contribution in [3.8, 4) is 0 Å². The molecule has 19 heavy (non-hydrogen) atoms. The predicted molar refractivity (Wildman–Crippen MR) is 88.2 cm³/mol. The van der Waals surface area contributed by atoms with Crippen LogP contribution in [-0.2, 0) is 0 Å². The minimum atomic E-state index is 0.536. The molecule has 0 aliphatic rings. The molecule has 1 heteroatoms. The average Bonchev–Trinajstić information content (AvgIpc) is 2.39. The van der Waals surface area contributed by atoms with Crippen LogP contribution in [0.5, 0.6) is 0 Å². The third kappa shape index (κ3) is 8.34. The number of unbranched alkanes of at least 4 members (excludes halogenated alkanes) is 3. The first-order valence-electron chi connectivity index (χ1n) is 8.32. The molecule has 0 aliphatic heterocycles. The van der Waals surface area contributed by atoms with Crippen molar-refractivity contribution in [2.75, 3.05) is 6.54 Å². The normalized spacial score (nSPS) is 16.2. The van der Waals surface area contributed by atoms with E-state index in [1.54, 1.807) is 0 Å². The molecule has 0 heterocycles. The lowest BCUT2D eigenvalue weighted by atomic mass is 9.82. The molecule has 0 amide bonds. The first-order chi connectivity index (χ1) is 8.90. The van der Waals surface area contributed by atoms with Crippen LogP contribution in [0.15, 0.2) is 12.3 Å². The van der Waals surface area contributed by atoms with E-state index in [-0.39, 0.29) is 0 Å². The first kappa shape index (κ1) is 18.5. The molecule has 0 fully saturated rings. The molecule has 0 radical (unpaired) electrons. The summed E-state index contributed by atoms with van der Waals surface area (Å²) in [6, 6.07) is 0. The molecular weight excluding hydrogens is 230 g/mol. The number of hydrogen-bond donors (Lipinski definition) is 1. The Morgan fingerprint density at radius 3 is 2.11 bits per heavy atom. The van der Waals surface area contributed by atoms with Crippen molar-refractivity contribution in [3.05, 3.63) is 12.3 Å². The number of hydrogen-bond acceptors (Lipinski definition) is 1. The Morgan fingerprint density at radius 2 is 1.58 bits per heavy atom. The van der Waals surface area contributed by atoms with E-state index in [0.29, 0.717) is 5.92 Å². The Hall–Kier alpha value is -0.460. The molecule has 1 nitrogen and oxygen atoms in total. The van der Waals surface area contributed by atoms with E-state index in [1.165, 1.54) is 37.8 Å². The highest BCUT2D eigenvalue weighted by atomic mass is 14.9. The summed E-state index contributed by atoms with van der Waals surface area (Å²) in [6.07, 6.45) is 6.92. The second-order valence-electron chi connectivity index (χ2n) is 6.72. The maximum atomic E-state index is 4.09. The highest BCUT2D eigenvalue weighted by Crippen LogP contribution is 2.25. The van der Waals surface area contributed by atoms with Crippen LogP contribution in [0.3, 0.4) is 0 Å². The zero-order valence-electron chi connectivity index (χ0n) is 14.3. The van der Waals surface area contributed by atoms with Crippen molar-refractivity contribution in [2.24, 2.45) is 23.7 Å². The summed E-state index contributed by atoms with van der Waals surface area (Å²) >= 11 is 0. The third-order valence-electron chi connectivity index (χ3n) is 4.66. The molecule has 3 unspecified atom stereocenters. The maximum Gasteiger partial charge on any atom is 0.0172 e. The van der Waals surface area contributed by atoms with Crippen molar-refractivity contribution in [1.29, 1.82) is 0 Å². The van der Waals surface area contributed by atoms with Gasteiger partial charge >= 0.3 is 0 Å². The predicted octanol–water partition coefficient (Wildman–Crippen LogP) is 5.62. The molecule has 0 rings (SSSR count). The van der Waals surface area contributed by atoms with Crippen molar-refractivity contribution in [2.45, 2.75) is 73.6 Å². The van der Waals surface area contributed by atoms with E-state index >= 15 is 0 Å². The van der Waals surface area contributed by atoms with Crippen molar-refractivity contribution < 1.29 is 0 Å². The van der Waals surface area contributed by atoms with Crippen LogP contribution in [0.1, 0.15) is 73.6 Å². The van der Waals surface area contributed by atoms with Gasteiger partial charge in [0.05, 0.1) is 0 Å². The molecule has 0 spiro atoms. The lowest BCUT2D eigenvalue weighted by molar-refractivity contribution is 0.256.